The molecule has 0 aromatic carbocycles. The van der Waals surface area contributed by atoms with Crippen LogP contribution in [0.25, 0.3) is 0 Å². The summed E-state index contributed by atoms with van der Waals surface area (Å²) in [5.41, 5.74) is 0. The van der Waals surface area contributed by atoms with Crippen molar-refractivity contribution in [3.63, 3.8) is 0 Å². The van der Waals surface area contributed by atoms with Crippen molar-refractivity contribution < 1.29 is 0 Å². The highest BCUT2D eigenvalue weighted by Crippen LogP contribution is 1.98. The summed E-state index contributed by atoms with van der Waals surface area (Å²) in [7, 11) is 2.01. The maximum Gasteiger partial charge on any atom is 0.0192 e. The summed E-state index contributed by atoms with van der Waals surface area (Å²) in [5, 5.41) is 6.65. The molecule has 0 spiro atoms. The van der Waals surface area contributed by atoms with Crippen LogP contribution in [0, 0.1) is 0 Å². The van der Waals surface area contributed by atoms with Crippen molar-refractivity contribution >= 4 is 0 Å². The Kier molecular flexibility index (Phi) is 7.96. The average Bonchev–Trinajstić information content (AvgIpc) is 2.01. The van der Waals surface area contributed by atoms with E-state index in [-0.39, 0.29) is 0 Å². The van der Waals surface area contributed by atoms with Gasteiger partial charge in [0.2, 0.25) is 0 Å². The monoisotopic (exact) mass is 158 g/mol. The van der Waals surface area contributed by atoms with Crippen LogP contribution in [0.5, 0.6) is 0 Å². The fourth-order valence-electron chi connectivity index (χ4n) is 1.26. The fourth-order valence-corrected chi connectivity index (χ4v) is 1.26. The topological polar surface area (TPSA) is 24.1 Å². The quantitative estimate of drug-likeness (QED) is 0.585. The molecule has 0 heterocycles. The molecule has 0 saturated carbocycles. The lowest BCUT2D eigenvalue weighted by Gasteiger charge is -2.16. The Hall–Kier alpha value is -0.0800. The highest BCUT2D eigenvalue weighted by atomic mass is 15.0. The first kappa shape index (κ1) is 10.9. The normalized spacial score (nSPS) is 13.4. The lowest BCUT2D eigenvalue weighted by Crippen LogP contribution is -2.37. The summed E-state index contributed by atoms with van der Waals surface area (Å²) >= 11 is 0. The minimum atomic E-state index is 0.671. The molecule has 0 aliphatic heterocycles. The maximum absolute atomic E-state index is 3.46. The summed E-state index contributed by atoms with van der Waals surface area (Å²) < 4.78 is 0. The Bertz CT molecular complexity index is 68.0. The van der Waals surface area contributed by atoms with Crippen LogP contribution in [0.2, 0.25) is 0 Å². The van der Waals surface area contributed by atoms with Crippen molar-refractivity contribution in [3.8, 4) is 0 Å². The van der Waals surface area contributed by atoms with Crippen molar-refractivity contribution in [3.05, 3.63) is 0 Å². The second-order valence-corrected chi connectivity index (χ2v) is 2.95. The first-order valence-electron chi connectivity index (χ1n) is 4.73. The average molecular weight is 158 g/mol. The van der Waals surface area contributed by atoms with E-state index in [0.29, 0.717) is 6.04 Å². The van der Waals surface area contributed by atoms with Gasteiger partial charge < -0.3 is 10.6 Å². The summed E-state index contributed by atoms with van der Waals surface area (Å²) in [6.45, 7) is 6.57. The molecule has 0 aromatic rings. The lowest BCUT2D eigenvalue weighted by molar-refractivity contribution is 0.459. The van der Waals surface area contributed by atoms with Gasteiger partial charge >= 0.3 is 0 Å². The number of unbranched alkanes of at least 4 members (excludes halogenated alkanes) is 1. The molecule has 0 aliphatic rings. The van der Waals surface area contributed by atoms with Gasteiger partial charge in [-0.05, 0) is 20.0 Å². The van der Waals surface area contributed by atoms with Crippen LogP contribution in [0.4, 0.5) is 0 Å². The zero-order chi connectivity index (χ0) is 8.53. The Balaban J connectivity index is 3.34. The molecule has 0 aliphatic carbocycles. The van der Waals surface area contributed by atoms with Crippen LogP contribution in [-0.2, 0) is 0 Å². The Morgan fingerprint density at radius 2 is 2.00 bits per heavy atom. The molecule has 0 radical (unpaired) electrons. The molecule has 0 aromatic heterocycles. The third-order valence-electron chi connectivity index (χ3n) is 1.85. The zero-order valence-corrected chi connectivity index (χ0v) is 8.11. The molecule has 1 unspecified atom stereocenters. The van der Waals surface area contributed by atoms with Gasteiger partial charge in [-0.3, -0.25) is 0 Å². The highest BCUT2D eigenvalue weighted by Gasteiger charge is 2.03. The van der Waals surface area contributed by atoms with Crippen LogP contribution in [0.3, 0.4) is 0 Å². The lowest BCUT2D eigenvalue weighted by atomic mass is 10.1. The van der Waals surface area contributed by atoms with Crippen molar-refractivity contribution in [2.45, 2.75) is 39.2 Å². The van der Waals surface area contributed by atoms with E-state index < -0.39 is 0 Å². The van der Waals surface area contributed by atoms with Crippen LogP contribution in [-0.4, -0.2) is 26.2 Å². The smallest absolute Gasteiger partial charge is 0.0192 e. The van der Waals surface area contributed by atoms with E-state index in [9.17, 15) is 0 Å². The van der Waals surface area contributed by atoms with Gasteiger partial charge in [0.25, 0.3) is 0 Å². The molecule has 0 saturated heterocycles. The Morgan fingerprint density at radius 1 is 1.27 bits per heavy atom. The number of nitrogens with one attached hydrogen (secondary N) is 2. The SMILES string of the molecule is CCCCC(CNC)NCC. The first-order valence-corrected chi connectivity index (χ1v) is 4.73. The van der Waals surface area contributed by atoms with E-state index in [4.69, 9.17) is 0 Å². The second-order valence-electron chi connectivity index (χ2n) is 2.95. The minimum Gasteiger partial charge on any atom is -0.318 e. The third kappa shape index (κ3) is 6.32. The van der Waals surface area contributed by atoms with E-state index in [1.165, 1.54) is 19.3 Å². The standard InChI is InChI=1S/C9H22N2/c1-4-6-7-9(8-10-3)11-5-2/h9-11H,4-8H2,1-3H3. The van der Waals surface area contributed by atoms with Crippen LogP contribution >= 0.6 is 0 Å². The molecule has 0 fully saturated rings. The van der Waals surface area contributed by atoms with Crippen LogP contribution in [0.15, 0.2) is 0 Å². The van der Waals surface area contributed by atoms with E-state index in [1.807, 2.05) is 7.05 Å². The number of hydrogen-bond acceptors (Lipinski definition) is 2. The molecule has 68 valence electrons. The van der Waals surface area contributed by atoms with Gasteiger partial charge in [0.05, 0.1) is 0 Å². The van der Waals surface area contributed by atoms with Crippen LogP contribution < -0.4 is 10.6 Å². The Labute approximate surface area is 70.8 Å². The van der Waals surface area contributed by atoms with E-state index in [0.717, 1.165) is 13.1 Å². The van der Waals surface area contributed by atoms with Gasteiger partial charge in [0.1, 0.15) is 0 Å². The molecular formula is C9H22N2. The van der Waals surface area contributed by atoms with Gasteiger partial charge in [-0.25, -0.2) is 0 Å². The van der Waals surface area contributed by atoms with Gasteiger partial charge in [-0.2, -0.15) is 0 Å². The number of rotatable bonds is 7. The summed E-state index contributed by atoms with van der Waals surface area (Å²) in [6.07, 6.45) is 3.93. The van der Waals surface area contributed by atoms with E-state index in [2.05, 4.69) is 24.5 Å². The molecule has 2 N–H and O–H groups in total. The summed E-state index contributed by atoms with van der Waals surface area (Å²) in [5.74, 6) is 0. The first-order chi connectivity index (χ1) is 5.35. The number of hydrogen-bond donors (Lipinski definition) is 2. The molecule has 1 atom stereocenters. The van der Waals surface area contributed by atoms with Crippen molar-refractivity contribution in [1.82, 2.24) is 10.6 Å². The maximum atomic E-state index is 3.46. The highest BCUT2D eigenvalue weighted by molar-refractivity contribution is 4.67. The van der Waals surface area contributed by atoms with E-state index >= 15 is 0 Å². The van der Waals surface area contributed by atoms with E-state index in [1.54, 1.807) is 0 Å². The fraction of sp³-hybridized carbons (Fsp3) is 1.00. The van der Waals surface area contributed by atoms with Gasteiger partial charge in [0.15, 0.2) is 0 Å². The molecular weight excluding hydrogens is 136 g/mol. The van der Waals surface area contributed by atoms with Gasteiger partial charge in [-0.15, -0.1) is 0 Å². The predicted molar refractivity (Wildman–Crippen MR) is 50.9 cm³/mol. The van der Waals surface area contributed by atoms with Gasteiger partial charge in [-0.1, -0.05) is 26.7 Å². The molecule has 2 nitrogen and oxygen atoms in total. The molecule has 0 bridgehead atoms. The van der Waals surface area contributed by atoms with Gasteiger partial charge in [0, 0.05) is 12.6 Å². The summed E-state index contributed by atoms with van der Waals surface area (Å²) in [6, 6.07) is 0.671. The Morgan fingerprint density at radius 3 is 2.45 bits per heavy atom. The largest absolute Gasteiger partial charge is 0.318 e. The molecule has 0 rings (SSSR count). The zero-order valence-electron chi connectivity index (χ0n) is 8.11. The third-order valence-corrected chi connectivity index (χ3v) is 1.85. The minimum absolute atomic E-state index is 0.671. The molecule has 0 amide bonds. The number of likely N-dealkylation sites (N-methyl/N-ethyl adjacent to an activating group) is 2. The summed E-state index contributed by atoms with van der Waals surface area (Å²) in [4.78, 5) is 0. The molecule has 11 heavy (non-hydrogen) atoms. The van der Waals surface area contributed by atoms with Crippen LogP contribution in [0.1, 0.15) is 33.1 Å². The van der Waals surface area contributed by atoms with Crippen molar-refractivity contribution in [2.75, 3.05) is 20.1 Å². The molecule has 2 heteroatoms. The predicted octanol–water partition coefficient (Wildman–Crippen LogP) is 1.37. The van der Waals surface area contributed by atoms with Crippen molar-refractivity contribution in [2.24, 2.45) is 0 Å². The van der Waals surface area contributed by atoms with Crippen molar-refractivity contribution in [1.29, 1.82) is 0 Å². The second kappa shape index (κ2) is 8.02.